The number of piperidine rings is 3. The number of amides is 4. The van der Waals surface area contributed by atoms with Gasteiger partial charge in [0, 0.05) is 118 Å². The maximum absolute atomic E-state index is 15.9. The number of piperazine rings is 1. The number of aliphatic hydroxyl groups is 1. The molecule has 1 unspecified atom stereocenters. The zero-order valence-corrected chi connectivity index (χ0v) is 43.8. The molecule has 5 aromatic heterocycles. The van der Waals surface area contributed by atoms with Gasteiger partial charge in [0.05, 0.1) is 53.0 Å². The summed E-state index contributed by atoms with van der Waals surface area (Å²) in [6, 6.07) is 21.1. The van der Waals surface area contributed by atoms with E-state index in [-0.39, 0.29) is 53.6 Å². The number of rotatable bonds is 11. The fraction of sp³-hybridized carbons (Fsp3) is 0.362. The van der Waals surface area contributed by atoms with Crippen LogP contribution >= 0.6 is 0 Å². The highest BCUT2D eigenvalue weighted by molar-refractivity contribution is 6.24. The lowest BCUT2D eigenvalue weighted by Crippen LogP contribution is -2.57. The first-order chi connectivity index (χ1) is 38.4. The number of aryl methyl sites for hydroxylation is 1. The van der Waals surface area contributed by atoms with Crippen molar-refractivity contribution < 1.29 is 28.7 Å². The SMILES string of the molecule is Cc1nc2ccc(-c3ccnc(N)c3)nc2n1-c1ccc(N2CCN(CC#Cc3ccc(N4CCC(C(=O)N5CCC(n6cc(CNc7cccc8c7C(=O)N([C@@H]7CCC(=O)NC7O)C8=O)cn6)CC5)CC4)nc3)CC2)c(F)c1. The molecule has 10 heterocycles. The number of hydrogen-bond donors (Lipinski definition) is 4. The summed E-state index contributed by atoms with van der Waals surface area (Å²) >= 11 is 0. The Kier molecular flexibility index (Phi) is 13.9. The van der Waals surface area contributed by atoms with Crippen molar-refractivity contribution in [1.29, 1.82) is 0 Å². The van der Waals surface area contributed by atoms with Crippen molar-refractivity contribution in [3.05, 3.63) is 131 Å². The first kappa shape index (κ1) is 51.0. The van der Waals surface area contributed by atoms with Crippen molar-refractivity contribution >= 4 is 57.8 Å². The van der Waals surface area contributed by atoms with E-state index in [4.69, 9.17) is 15.7 Å². The van der Waals surface area contributed by atoms with Gasteiger partial charge in [-0.2, -0.15) is 5.10 Å². The van der Waals surface area contributed by atoms with Crippen LogP contribution in [0.1, 0.15) is 82.2 Å². The van der Waals surface area contributed by atoms with E-state index in [1.807, 2.05) is 75.9 Å². The van der Waals surface area contributed by atoms with Crippen LogP contribution in [-0.2, 0) is 16.1 Å². The number of carbonyl (C=O) groups excluding carboxylic acids is 4. The molecular formula is C58H60FN15O5. The number of aliphatic hydroxyl groups excluding tert-OH is 1. The van der Waals surface area contributed by atoms with E-state index in [0.717, 1.165) is 85.0 Å². The minimum atomic E-state index is -1.32. The molecule has 12 rings (SSSR count). The number of likely N-dealkylation sites (tertiary alicyclic amines) is 1. The van der Waals surface area contributed by atoms with E-state index in [9.17, 15) is 24.3 Å². The fourth-order valence-corrected chi connectivity index (χ4v) is 11.7. The van der Waals surface area contributed by atoms with Crippen LogP contribution < -0.4 is 26.2 Å². The second-order valence-electron chi connectivity index (χ2n) is 20.9. The minimum absolute atomic E-state index is 0.0325. The Morgan fingerprint density at radius 3 is 2.44 bits per heavy atom. The summed E-state index contributed by atoms with van der Waals surface area (Å²) in [4.78, 5) is 80.5. The number of halogens is 1. The van der Waals surface area contributed by atoms with Crippen LogP contribution in [0.25, 0.3) is 28.1 Å². The highest BCUT2D eigenvalue weighted by Gasteiger charge is 2.45. The molecule has 4 fully saturated rings. The van der Waals surface area contributed by atoms with Crippen molar-refractivity contribution in [3.8, 4) is 28.8 Å². The first-order valence-corrected chi connectivity index (χ1v) is 27.0. The summed E-state index contributed by atoms with van der Waals surface area (Å²) in [5.41, 5.74) is 12.8. The normalized spacial score (nSPS) is 19.4. The van der Waals surface area contributed by atoms with Gasteiger partial charge in [-0.3, -0.25) is 38.2 Å². The minimum Gasteiger partial charge on any atom is -0.384 e. The van der Waals surface area contributed by atoms with Gasteiger partial charge >= 0.3 is 0 Å². The van der Waals surface area contributed by atoms with Gasteiger partial charge in [0.2, 0.25) is 11.8 Å². The number of nitrogens with two attached hydrogens (primary N) is 1. The molecule has 7 aromatic rings. The molecule has 4 saturated heterocycles. The third-order valence-corrected chi connectivity index (χ3v) is 16.0. The summed E-state index contributed by atoms with van der Waals surface area (Å²) in [6.07, 6.45) is 9.32. The number of carbonyl (C=O) groups is 4. The Hall–Kier alpha value is -8.74. The van der Waals surface area contributed by atoms with Crippen LogP contribution in [0.2, 0.25) is 0 Å². The van der Waals surface area contributed by atoms with Crippen molar-refractivity contribution in [3.63, 3.8) is 0 Å². The number of imide groups is 1. The van der Waals surface area contributed by atoms with Gasteiger partial charge in [-0.1, -0.05) is 17.9 Å². The molecule has 20 nitrogen and oxygen atoms in total. The molecule has 0 radical (unpaired) electrons. The van der Waals surface area contributed by atoms with Crippen LogP contribution in [0, 0.1) is 30.5 Å². The van der Waals surface area contributed by atoms with E-state index in [0.29, 0.717) is 79.1 Å². The summed E-state index contributed by atoms with van der Waals surface area (Å²) in [7, 11) is 0. The zero-order valence-electron chi connectivity index (χ0n) is 43.8. The van der Waals surface area contributed by atoms with Gasteiger partial charge in [0.15, 0.2) is 5.65 Å². The number of nitrogens with zero attached hydrogens (tertiary/aromatic N) is 12. The molecule has 0 spiro atoms. The topological polar surface area (TPSA) is 229 Å². The van der Waals surface area contributed by atoms with E-state index in [2.05, 4.69) is 52.2 Å². The van der Waals surface area contributed by atoms with Crippen LogP contribution in [0.3, 0.4) is 0 Å². The monoisotopic (exact) mass is 1070 g/mol. The van der Waals surface area contributed by atoms with Gasteiger partial charge in [-0.05, 0) is 99.7 Å². The number of nitrogens with one attached hydrogen (secondary N) is 2. The number of hydrogen-bond acceptors (Lipinski definition) is 15. The predicted octanol–water partition coefficient (Wildman–Crippen LogP) is 5.16. The van der Waals surface area contributed by atoms with Crippen molar-refractivity contribution in [2.24, 2.45) is 5.92 Å². The standard InChI is InChI=1S/C58H60FN15O5/c1-36-65-47-10-9-45(40-15-20-61-50(60)30-40)66-54(47)73(36)42-8-11-48(44(59)31-42)69-28-26-68(27-29-69)21-3-4-37-7-13-51(63-32-37)70-22-16-39(17-23-70)56(77)71-24-18-41(19-25-71)72-35-38(34-64-72)33-62-46-6-2-5-43-53(46)58(79)74(57(43)78)49-12-14-52(75)67-55(49)76/h2,5-11,13,15,20,30-32,34-35,39,41,49,55,62,76H,12,14,16-19,21-29,33H2,1H3,(H2,60,61)(H,67,75)/t49-,55?/m1/s1. The summed E-state index contributed by atoms with van der Waals surface area (Å²) < 4.78 is 19.7. The maximum Gasteiger partial charge on any atom is 0.264 e. The average Bonchev–Trinajstić information content (AvgIpc) is 4.19. The Morgan fingerprint density at radius 1 is 0.861 bits per heavy atom. The summed E-state index contributed by atoms with van der Waals surface area (Å²) in [5, 5.41) is 20.9. The second-order valence-corrected chi connectivity index (χ2v) is 20.9. The smallest absolute Gasteiger partial charge is 0.264 e. The number of pyridine rings is 3. The number of imidazole rings is 1. The first-order valence-electron chi connectivity index (χ1n) is 27.0. The maximum atomic E-state index is 15.9. The molecule has 2 aromatic carbocycles. The molecule has 21 heteroatoms. The molecule has 404 valence electrons. The quantitative estimate of drug-likeness (QED) is 0.0969. The fourth-order valence-electron chi connectivity index (χ4n) is 11.7. The average molecular weight is 1070 g/mol. The number of fused-ring (bicyclic) bond motifs is 2. The second kappa shape index (κ2) is 21.6. The van der Waals surface area contributed by atoms with E-state index in [1.165, 1.54) is 0 Å². The lowest BCUT2D eigenvalue weighted by atomic mass is 9.93. The Labute approximate surface area is 455 Å². The Morgan fingerprint density at radius 2 is 1.68 bits per heavy atom. The number of nitrogen functional groups attached to an aromatic ring is 1. The molecular weight excluding hydrogens is 1010 g/mol. The van der Waals surface area contributed by atoms with Gasteiger partial charge < -0.3 is 36.2 Å². The summed E-state index contributed by atoms with van der Waals surface area (Å²) in [5.74, 6) is 7.14. The lowest BCUT2D eigenvalue weighted by molar-refractivity contribution is -0.137. The van der Waals surface area contributed by atoms with Gasteiger partial charge in [-0.15, -0.1) is 0 Å². The molecule has 4 amide bonds. The Balaban J connectivity index is 0.571. The molecule has 79 heavy (non-hydrogen) atoms. The lowest BCUT2D eigenvalue weighted by Gasteiger charge is -2.37. The van der Waals surface area contributed by atoms with Crippen LogP contribution in [0.4, 0.5) is 27.4 Å². The highest BCUT2D eigenvalue weighted by atomic mass is 19.1. The predicted molar refractivity (Wildman–Crippen MR) is 294 cm³/mol. The van der Waals surface area contributed by atoms with Crippen molar-refractivity contribution in [1.82, 2.24) is 54.3 Å². The summed E-state index contributed by atoms with van der Waals surface area (Å²) in [6.45, 7) is 8.52. The van der Waals surface area contributed by atoms with Crippen LogP contribution in [-0.4, -0.2) is 149 Å². The van der Waals surface area contributed by atoms with E-state index in [1.54, 1.807) is 42.7 Å². The third kappa shape index (κ3) is 10.3. The molecule has 0 bridgehead atoms. The van der Waals surface area contributed by atoms with Crippen LogP contribution in [0.5, 0.6) is 0 Å². The Bertz CT molecular complexity index is 3550. The van der Waals surface area contributed by atoms with Crippen molar-refractivity contribution in [2.75, 3.05) is 79.8 Å². The van der Waals surface area contributed by atoms with Crippen LogP contribution in [0.15, 0.2) is 97.6 Å². The molecule has 2 atom stereocenters. The van der Waals surface area contributed by atoms with Gasteiger partial charge in [-0.25, -0.2) is 24.3 Å². The zero-order chi connectivity index (χ0) is 54.3. The molecule has 0 aliphatic carbocycles. The van der Waals surface area contributed by atoms with Gasteiger partial charge in [0.1, 0.15) is 35.0 Å². The number of aromatic nitrogens is 7. The molecule has 5 aliphatic heterocycles. The third-order valence-electron chi connectivity index (χ3n) is 16.0. The molecule has 5 aliphatic rings. The number of benzene rings is 2. The van der Waals surface area contributed by atoms with E-state index >= 15 is 4.39 Å². The number of anilines is 4. The van der Waals surface area contributed by atoms with E-state index < -0.39 is 24.1 Å². The van der Waals surface area contributed by atoms with Gasteiger partial charge in [0.25, 0.3) is 11.8 Å². The highest BCUT2D eigenvalue weighted by Crippen LogP contribution is 2.35. The molecule has 0 saturated carbocycles. The van der Waals surface area contributed by atoms with Crippen molar-refractivity contribution in [2.45, 2.75) is 70.3 Å². The molecule has 5 N–H and O–H groups in total. The largest absolute Gasteiger partial charge is 0.384 e.